The number of amides is 3. The Morgan fingerprint density at radius 3 is 2.39 bits per heavy atom. The molecule has 0 saturated heterocycles. The van der Waals surface area contributed by atoms with E-state index >= 15 is 0 Å². The van der Waals surface area contributed by atoms with Crippen molar-refractivity contribution in [1.82, 2.24) is 20.9 Å². The molecule has 0 aliphatic heterocycles. The van der Waals surface area contributed by atoms with Crippen LogP contribution in [0.5, 0.6) is 0 Å². The number of aromatic nitrogens is 1. The molecule has 31 heavy (non-hydrogen) atoms. The van der Waals surface area contributed by atoms with Gasteiger partial charge >= 0.3 is 0 Å². The summed E-state index contributed by atoms with van der Waals surface area (Å²) in [6.07, 6.45) is 3.88. The number of benzene rings is 1. The van der Waals surface area contributed by atoms with Crippen LogP contribution < -0.4 is 16.0 Å². The summed E-state index contributed by atoms with van der Waals surface area (Å²) in [6, 6.07) is 7.42. The average molecular weight is 465 g/mol. The standard InChI is InChI=1S/C22H26Cl2N4O3/c1-14(2)11-19(28-21(30)17-4-3-16(23)12-18(17)24)22(31)26-10-7-20(29)27-13-15-5-8-25-9-6-15/h3-6,8-9,12,14,19H,7,10-11,13H2,1-2H3,(H,26,31)(H,27,29)(H,28,30). The van der Waals surface area contributed by atoms with Crippen LogP contribution in [-0.2, 0) is 16.1 Å². The molecule has 1 aromatic carbocycles. The molecule has 0 radical (unpaired) electrons. The number of carbonyl (C=O) groups is 3. The number of nitrogens with zero attached hydrogens (tertiary/aromatic N) is 1. The highest BCUT2D eigenvalue weighted by Gasteiger charge is 2.23. The van der Waals surface area contributed by atoms with E-state index in [1.165, 1.54) is 12.1 Å². The summed E-state index contributed by atoms with van der Waals surface area (Å²) >= 11 is 12.0. The van der Waals surface area contributed by atoms with Crippen LogP contribution in [-0.4, -0.2) is 35.3 Å². The van der Waals surface area contributed by atoms with E-state index in [1.807, 2.05) is 26.0 Å². The van der Waals surface area contributed by atoms with Gasteiger partial charge in [-0.2, -0.15) is 0 Å². The van der Waals surface area contributed by atoms with Crippen molar-refractivity contribution < 1.29 is 14.4 Å². The van der Waals surface area contributed by atoms with Gasteiger partial charge in [-0.3, -0.25) is 19.4 Å². The number of carbonyl (C=O) groups excluding carboxylic acids is 3. The maximum atomic E-state index is 12.6. The summed E-state index contributed by atoms with van der Waals surface area (Å²) in [4.78, 5) is 41.1. The van der Waals surface area contributed by atoms with Crippen LogP contribution >= 0.6 is 23.2 Å². The van der Waals surface area contributed by atoms with Crippen LogP contribution in [0.15, 0.2) is 42.7 Å². The summed E-state index contributed by atoms with van der Waals surface area (Å²) in [5.74, 6) is -0.832. The fourth-order valence-electron chi connectivity index (χ4n) is 2.82. The third-order valence-electron chi connectivity index (χ3n) is 4.40. The Labute approximate surface area is 191 Å². The molecule has 0 fully saturated rings. The normalized spacial score (nSPS) is 11.6. The monoisotopic (exact) mass is 464 g/mol. The van der Waals surface area contributed by atoms with Gasteiger partial charge in [0, 0.05) is 36.9 Å². The van der Waals surface area contributed by atoms with Gasteiger partial charge in [0.2, 0.25) is 11.8 Å². The van der Waals surface area contributed by atoms with Crippen molar-refractivity contribution in [3.63, 3.8) is 0 Å². The van der Waals surface area contributed by atoms with Gasteiger partial charge in [0.15, 0.2) is 0 Å². The second-order valence-electron chi connectivity index (χ2n) is 7.45. The van der Waals surface area contributed by atoms with E-state index in [9.17, 15) is 14.4 Å². The molecule has 0 saturated carbocycles. The van der Waals surface area contributed by atoms with E-state index in [4.69, 9.17) is 23.2 Å². The molecule has 3 amide bonds. The minimum Gasteiger partial charge on any atom is -0.354 e. The molecule has 7 nitrogen and oxygen atoms in total. The molecule has 2 aromatic rings. The first kappa shape index (κ1) is 24.6. The highest BCUT2D eigenvalue weighted by Crippen LogP contribution is 2.21. The second-order valence-corrected chi connectivity index (χ2v) is 8.30. The Hall–Kier alpha value is -2.64. The molecular weight excluding hydrogens is 439 g/mol. The van der Waals surface area contributed by atoms with Gasteiger partial charge in [0.05, 0.1) is 10.6 Å². The van der Waals surface area contributed by atoms with Gasteiger partial charge in [-0.1, -0.05) is 37.0 Å². The lowest BCUT2D eigenvalue weighted by molar-refractivity contribution is -0.124. The molecule has 0 aliphatic rings. The predicted octanol–water partition coefficient (Wildman–Crippen LogP) is 3.36. The number of nitrogens with one attached hydrogen (secondary N) is 3. The molecule has 9 heteroatoms. The number of hydrogen-bond donors (Lipinski definition) is 3. The van der Waals surface area contributed by atoms with Gasteiger partial charge in [-0.15, -0.1) is 0 Å². The lowest BCUT2D eigenvalue weighted by Gasteiger charge is -2.20. The molecule has 166 valence electrons. The van der Waals surface area contributed by atoms with Crippen LogP contribution in [0.2, 0.25) is 10.0 Å². The van der Waals surface area contributed by atoms with E-state index in [0.29, 0.717) is 18.0 Å². The first-order valence-corrected chi connectivity index (χ1v) is 10.7. The average Bonchev–Trinajstić information content (AvgIpc) is 2.72. The quantitative estimate of drug-likeness (QED) is 0.501. The van der Waals surface area contributed by atoms with Crippen LogP contribution in [0.1, 0.15) is 42.6 Å². The van der Waals surface area contributed by atoms with Crippen molar-refractivity contribution >= 4 is 40.9 Å². The Morgan fingerprint density at radius 1 is 1.03 bits per heavy atom. The van der Waals surface area contributed by atoms with Crippen molar-refractivity contribution in [2.75, 3.05) is 6.54 Å². The largest absolute Gasteiger partial charge is 0.354 e. The molecule has 1 unspecified atom stereocenters. The van der Waals surface area contributed by atoms with E-state index in [-0.39, 0.29) is 41.3 Å². The third-order valence-corrected chi connectivity index (χ3v) is 4.94. The van der Waals surface area contributed by atoms with Crippen molar-refractivity contribution in [3.8, 4) is 0 Å². The second kappa shape index (κ2) is 12.3. The van der Waals surface area contributed by atoms with Crippen LogP contribution in [0, 0.1) is 5.92 Å². The molecule has 1 heterocycles. The van der Waals surface area contributed by atoms with Gasteiger partial charge in [0.1, 0.15) is 6.04 Å². The van der Waals surface area contributed by atoms with Crippen LogP contribution in [0.3, 0.4) is 0 Å². The zero-order chi connectivity index (χ0) is 22.8. The Balaban J connectivity index is 1.86. The lowest BCUT2D eigenvalue weighted by Crippen LogP contribution is -2.48. The Kier molecular flexibility index (Phi) is 9.75. The zero-order valence-electron chi connectivity index (χ0n) is 17.5. The molecule has 0 bridgehead atoms. The van der Waals surface area contributed by atoms with E-state index in [2.05, 4.69) is 20.9 Å². The molecule has 0 aliphatic carbocycles. The fraction of sp³-hybridized carbons (Fsp3) is 0.364. The maximum absolute atomic E-state index is 12.6. The third kappa shape index (κ3) is 8.55. The highest BCUT2D eigenvalue weighted by molar-refractivity contribution is 6.36. The molecule has 1 atom stereocenters. The van der Waals surface area contributed by atoms with Crippen LogP contribution in [0.25, 0.3) is 0 Å². The molecule has 3 N–H and O–H groups in total. The Bertz CT molecular complexity index is 907. The van der Waals surface area contributed by atoms with Gasteiger partial charge in [0.25, 0.3) is 5.91 Å². The summed E-state index contributed by atoms with van der Waals surface area (Å²) in [5.41, 5.74) is 1.18. The highest BCUT2D eigenvalue weighted by atomic mass is 35.5. The maximum Gasteiger partial charge on any atom is 0.253 e. The van der Waals surface area contributed by atoms with Crippen molar-refractivity contribution in [1.29, 1.82) is 0 Å². The number of hydrogen-bond acceptors (Lipinski definition) is 4. The fourth-order valence-corrected chi connectivity index (χ4v) is 3.32. The van der Waals surface area contributed by atoms with Gasteiger partial charge in [-0.25, -0.2) is 0 Å². The first-order valence-electron chi connectivity index (χ1n) is 9.95. The zero-order valence-corrected chi connectivity index (χ0v) is 19.0. The minimum atomic E-state index is -0.751. The lowest BCUT2D eigenvalue weighted by atomic mass is 10.0. The van der Waals surface area contributed by atoms with E-state index in [1.54, 1.807) is 18.5 Å². The SMILES string of the molecule is CC(C)CC(NC(=O)c1ccc(Cl)cc1Cl)C(=O)NCCC(=O)NCc1ccncc1. The smallest absolute Gasteiger partial charge is 0.253 e. The summed E-state index contributed by atoms with van der Waals surface area (Å²) in [7, 11) is 0. The molecular formula is C22H26Cl2N4O3. The summed E-state index contributed by atoms with van der Waals surface area (Å²) < 4.78 is 0. The Morgan fingerprint density at radius 2 is 1.74 bits per heavy atom. The summed E-state index contributed by atoms with van der Waals surface area (Å²) in [5, 5.41) is 8.85. The number of rotatable bonds is 10. The van der Waals surface area contributed by atoms with Crippen molar-refractivity contribution in [3.05, 3.63) is 63.9 Å². The minimum absolute atomic E-state index is 0.127. The van der Waals surface area contributed by atoms with Crippen LogP contribution in [0.4, 0.5) is 0 Å². The topological polar surface area (TPSA) is 100 Å². The van der Waals surface area contributed by atoms with Crippen molar-refractivity contribution in [2.24, 2.45) is 5.92 Å². The first-order chi connectivity index (χ1) is 14.8. The number of halogens is 2. The van der Waals surface area contributed by atoms with Crippen molar-refractivity contribution in [2.45, 2.75) is 39.3 Å². The van der Waals surface area contributed by atoms with Gasteiger partial charge < -0.3 is 16.0 Å². The number of pyridine rings is 1. The molecule has 1 aromatic heterocycles. The van der Waals surface area contributed by atoms with E-state index < -0.39 is 11.9 Å². The molecule has 2 rings (SSSR count). The van der Waals surface area contributed by atoms with Gasteiger partial charge in [-0.05, 0) is 48.2 Å². The van der Waals surface area contributed by atoms with E-state index in [0.717, 1.165) is 5.56 Å². The molecule has 0 spiro atoms. The summed E-state index contributed by atoms with van der Waals surface area (Å²) in [6.45, 7) is 4.46. The predicted molar refractivity (Wildman–Crippen MR) is 121 cm³/mol.